The fraction of sp³-hybridized carbons (Fsp3) is 0.500. The lowest BCUT2D eigenvalue weighted by molar-refractivity contribution is -0.140. The van der Waals surface area contributed by atoms with E-state index in [0.29, 0.717) is 11.5 Å². The van der Waals surface area contributed by atoms with Gasteiger partial charge in [-0.15, -0.1) is 0 Å². The number of fused-ring (bicyclic) bond motifs is 1. The third-order valence-electron chi connectivity index (χ3n) is 4.07. The van der Waals surface area contributed by atoms with Crippen LogP contribution in [-0.2, 0) is 16.6 Å². The van der Waals surface area contributed by atoms with E-state index >= 15 is 0 Å². The smallest absolute Gasteiger partial charge is 0.307 e. The largest absolute Gasteiger partial charge is 0.469 e. The van der Waals surface area contributed by atoms with E-state index in [-0.39, 0.29) is 24.8 Å². The van der Waals surface area contributed by atoms with E-state index in [0.717, 1.165) is 35.3 Å². The summed E-state index contributed by atoms with van der Waals surface area (Å²) in [5, 5.41) is 7.92. The third-order valence-corrected chi connectivity index (χ3v) is 4.07. The lowest BCUT2D eigenvalue weighted by atomic mass is 10.1. The van der Waals surface area contributed by atoms with Crippen LogP contribution < -0.4 is 5.32 Å². The van der Waals surface area contributed by atoms with Crippen LogP contribution in [0.25, 0.3) is 11.0 Å². The number of nitrogens with zero attached hydrogens (tertiary/aromatic N) is 3. The average Bonchev–Trinajstić information content (AvgIpc) is 3.33. The summed E-state index contributed by atoms with van der Waals surface area (Å²) in [6.07, 6.45) is 2.37. The normalized spacial score (nSPS) is 14.0. The second-order valence-electron chi connectivity index (χ2n) is 5.86. The molecule has 1 aliphatic rings. The Kier molecular flexibility index (Phi) is 4.02. The van der Waals surface area contributed by atoms with Crippen molar-refractivity contribution < 1.29 is 14.3 Å². The van der Waals surface area contributed by atoms with E-state index in [1.54, 1.807) is 4.68 Å². The molecule has 0 aromatic carbocycles. The monoisotopic (exact) mass is 316 g/mol. The quantitative estimate of drug-likeness (QED) is 0.844. The highest BCUT2D eigenvalue weighted by molar-refractivity contribution is 6.06. The Morgan fingerprint density at radius 1 is 1.43 bits per heavy atom. The van der Waals surface area contributed by atoms with Crippen molar-refractivity contribution in [2.45, 2.75) is 32.1 Å². The minimum atomic E-state index is -0.346. The molecule has 122 valence electrons. The second-order valence-corrected chi connectivity index (χ2v) is 5.86. The molecule has 0 radical (unpaired) electrons. The molecule has 1 amide bonds. The zero-order valence-corrected chi connectivity index (χ0v) is 13.5. The van der Waals surface area contributed by atoms with Gasteiger partial charge in [-0.2, -0.15) is 5.10 Å². The van der Waals surface area contributed by atoms with Crippen LogP contribution in [0.2, 0.25) is 0 Å². The standard InChI is InChI=1S/C16H20N4O3/c1-9-14-11(16(22)17-7-6-13(21)23-3)8-12(10-4-5-10)18-15(14)20(2)19-9/h8,10H,4-7H2,1-3H3,(H,17,22). The van der Waals surface area contributed by atoms with E-state index in [9.17, 15) is 9.59 Å². The molecule has 0 atom stereocenters. The van der Waals surface area contributed by atoms with Crippen LogP contribution >= 0.6 is 0 Å². The summed E-state index contributed by atoms with van der Waals surface area (Å²) >= 11 is 0. The first kappa shape index (κ1) is 15.5. The van der Waals surface area contributed by atoms with Crippen LogP contribution in [-0.4, -0.2) is 40.3 Å². The highest BCUT2D eigenvalue weighted by Gasteiger charge is 2.28. The van der Waals surface area contributed by atoms with Gasteiger partial charge in [-0.3, -0.25) is 14.3 Å². The number of aromatic nitrogens is 3. The number of hydrogen-bond donors (Lipinski definition) is 1. The molecule has 1 N–H and O–H groups in total. The van der Waals surface area contributed by atoms with Crippen molar-refractivity contribution in [3.05, 3.63) is 23.0 Å². The number of carbonyl (C=O) groups is 2. The zero-order valence-electron chi connectivity index (χ0n) is 13.5. The lowest BCUT2D eigenvalue weighted by Crippen LogP contribution is -2.26. The molecule has 0 aliphatic heterocycles. The van der Waals surface area contributed by atoms with E-state index in [2.05, 4.69) is 20.1 Å². The van der Waals surface area contributed by atoms with Crippen LogP contribution in [0.1, 0.15) is 46.9 Å². The summed E-state index contributed by atoms with van der Waals surface area (Å²) in [5.74, 6) is -0.114. The molecule has 0 unspecified atom stereocenters. The van der Waals surface area contributed by atoms with Crippen molar-refractivity contribution in [2.24, 2.45) is 7.05 Å². The average molecular weight is 316 g/mol. The molecule has 7 heteroatoms. The molecule has 1 fully saturated rings. The Bertz CT molecular complexity index is 777. The van der Waals surface area contributed by atoms with Crippen LogP contribution in [0.15, 0.2) is 6.07 Å². The van der Waals surface area contributed by atoms with Gasteiger partial charge < -0.3 is 10.1 Å². The van der Waals surface area contributed by atoms with Gasteiger partial charge >= 0.3 is 5.97 Å². The highest BCUT2D eigenvalue weighted by Crippen LogP contribution is 2.40. The molecule has 0 saturated heterocycles. The van der Waals surface area contributed by atoms with Gasteiger partial charge in [-0.05, 0) is 25.8 Å². The summed E-state index contributed by atoms with van der Waals surface area (Å²) in [4.78, 5) is 28.4. The van der Waals surface area contributed by atoms with Gasteiger partial charge in [0.15, 0.2) is 5.65 Å². The second kappa shape index (κ2) is 5.98. The highest BCUT2D eigenvalue weighted by atomic mass is 16.5. The number of hydrogen-bond acceptors (Lipinski definition) is 5. The summed E-state index contributed by atoms with van der Waals surface area (Å²) < 4.78 is 6.29. The fourth-order valence-electron chi connectivity index (χ4n) is 2.71. The lowest BCUT2D eigenvalue weighted by Gasteiger charge is -2.08. The molecule has 3 rings (SSSR count). The summed E-state index contributed by atoms with van der Waals surface area (Å²) in [6, 6.07) is 1.86. The van der Waals surface area contributed by atoms with Crippen molar-refractivity contribution in [3.63, 3.8) is 0 Å². The van der Waals surface area contributed by atoms with Crippen molar-refractivity contribution in [1.82, 2.24) is 20.1 Å². The van der Waals surface area contributed by atoms with Crippen molar-refractivity contribution in [1.29, 1.82) is 0 Å². The zero-order chi connectivity index (χ0) is 16.6. The Morgan fingerprint density at radius 3 is 2.83 bits per heavy atom. The topological polar surface area (TPSA) is 86.1 Å². The first-order chi connectivity index (χ1) is 11.0. The molecule has 1 saturated carbocycles. The molecule has 2 aromatic heterocycles. The molecule has 2 aromatic rings. The molecule has 7 nitrogen and oxygen atoms in total. The van der Waals surface area contributed by atoms with Gasteiger partial charge in [-0.25, -0.2) is 4.98 Å². The van der Waals surface area contributed by atoms with Crippen molar-refractivity contribution in [3.8, 4) is 0 Å². The Labute approximate surface area is 134 Å². The maximum atomic E-state index is 12.6. The number of pyridine rings is 1. The Hall–Kier alpha value is -2.44. The molecule has 0 spiro atoms. The van der Waals surface area contributed by atoms with E-state index in [1.807, 2.05) is 20.0 Å². The molecular formula is C16H20N4O3. The van der Waals surface area contributed by atoms with Crippen molar-refractivity contribution >= 4 is 22.9 Å². The first-order valence-corrected chi connectivity index (χ1v) is 7.70. The first-order valence-electron chi connectivity index (χ1n) is 7.70. The SMILES string of the molecule is COC(=O)CCNC(=O)c1cc(C2CC2)nc2c1c(C)nn2C. The molecule has 1 aliphatic carbocycles. The Morgan fingerprint density at radius 2 is 2.17 bits per heavy atom. The summed E-state index contributed by atoms with van der Waals surface area (Å²) in [6.45, 7) is 2.11. The van der Waals surface area contributed by atoms with Gasteiger partial charge in [0.05, 0.1) is 30.2 Å². The van der Waals surface area contributed by atoms with Gasteiger partial charge in [0.2, 0.25) is 0 Å². The number of esters is 1. The van der Waals surface area contributed by atoms with Crippen LogP contribution in [0.5, 0.6) is 0 Å². The van der Waals surface area contributed by atoms with Gasteiger partial charge in [0, 0.05) is 25.2 Å². The van der Waals surface area contributed by atoms with E-state index in [1.165, 1.54) is 7.11 Å². The number of methoxy groups -OCH3 is 1. The van der Waals surface area contributed by atoms with Gasteiger partial charge in [-0.1, -0.05) is 0 Å². The predicted octanol–water partition coefficient (Wildman–Crippen LogP) is 1.45. The molecule has 2 heterocycles. The third kappa shape index (κ3) is 3.04. The van der Waals surface area contributed by atoms with E-state index in [4.69, 9.17) is 0 Å². The minimum Gasteiger partial charge on any atom is -0.469 e. The van der Waals surface area contributed by atoms with Crippen LogP contribution in [0, 0.1) is 6.92 Å². The minimum absolute atomic E-state index is 0.151. The maximum absolute atomic E-state index is 12.6. The fourth-order valence-corrected chi connectivity index (χ4v) is 2.71. The van der Waals surface area contributed by atoms with Gasteiger partial charge in [0.1, 0.15) is 0 Å². The Balaban J connectivity index is 1.91. The van der Waals surface area contributed by atoms with Crippen molar-refractivity contribution in [2.75, 3.05) is 13.7 Å². The number of amides is 1. The number of rotatable bonds is 5. The number of aryl methyl sites for hydroxylation is 2. The van der Waals surface area contributed by atoms with Gasteiger partial charge in [0.25, 0.3) is 5.91 Å². The summed E-state index contributed by atoms with van der Waals surface area (Å²) in [5.41, 5.74) is 3.02. The predicted molar refractivity (Wildman–Crippen MR) is 84.2 cm³/mol. The van der Waals surface area contributed by atoms with Crippen LogP contribution in [0.4, 0.5) is 0 Å². The van der Waals surface area contributed by atoms with Crippen LogP contribution in [0.3, 0.4) is 0 Å². The van der Waals surface area contributed by atoms with E-state index < -0.39 is 0 Å². The number of nitrogens with one attached hydrogen (secondary N) is 1. The number of carbonyl (C=O) groups excluding carboxylic acids is 2. The number of ether oxygens (including phenoxy) is 1. The maximum Gasteiger partial charge on any atom is 0.307 e. The molecular weight excluding hydrogens is 296 g/mol. The molecule has 23 heavy (non-hydrogen) atoms. The molecule has 0 bridgehead atoms. The summed E-state index contributed by atoms with van der Waals surface area (Å²) in [7, 11) is 3.16.